The zero-order valence-electron chi connectivity index (χ0n) is 15.9. The fourth-order valence-electron chi connectivity index (χ4n) is 5.95. The summed E-state index contributed by atoms with van der Waals surface area (Å²) in [5.41, 5.74) is 4.15. The molecule has 3 rings (SSSR count). The van der Waals surface area contributed by atoms with E-state index in [0.29, 0.717) is 0 Å². The van der Waals surface area contributed by atoms with Crippen LogP contribution in [0.2, 0.25) is 11.1 Å². The first-order valence-electron chi connectivity index (χ1n) is 11.1. The van der Waals surface area contributed by atoms with Gasteiger partial charge in [0, 0.05) is 6.61 Å². The van der Waals surface area contributed by atoms with Crippen LogP contribution in [0.25, 0.3) is 0 Å². The molecule has 3 aliphatic rings. The predicted octanol–water partition coefficient (Wildman–Crippen LogP) is 7.31. The highest BCUT2D eigenvalue weighted by atomic mass is 28.4. The van der Waals surface area contributed by atoms with Gasteiger partial charge in [0.1, 0.15) is 0 Å². The standard InChI is InChI=1S/C22H40OSi/c1-2-24(21-14-8-4-9-15-21,22-16-10-5-11-17-22)23-19-18-20-12-6-3-7-13-20/h2,20-22H,1,3-19H2. The van der Waals surface area contributed by atoms with Crippen molar-refractivity contribution in [2.24, 2.45) is 5.92 Å². The second kappa shape index (κ2) is 9.57. The zero-order valence-corrected chi connectivity index (χ0v) is 16.9. The number of hydrogen-bond acceptors (Lipinski definition) is 1. The summed E-state index contributed by atoms with van der Waals surface area (Å²) in [6, 6.07) is 0. The Kier molecular flexibility index (Phi) is 7.46. The smallest absolute Gasteiger partial charge is 0.222 e. The molecule has 0 spiro atoms. The molecule has 3 fully saturated rings. The van der Waals surface area contributed by atoms with E-state index in [1.165, 1.54) is 103 Å². The third-order valence-corrected chi connectivity index (χ3v) is 12.5. The van der Waals surface area contributed by atoms with Crippen molar-refractivity contribution in [3.05, 3.63) is 12.3 Å². The predicted molar refractivity (Wildman–Crippen MR) is 107 cm³/mol. The number of hydrogen-bond donors (Lipinski definition) is 0. The van der Waals surface area contributed by atoms with Gasteiger partial charge < -0.3 is 4.43 Å². The zero-order chi connectivity index (χ0) is 16.7. The van der Waals surface area contributed by atoms with Crippen molar-refractivity contribution >= 4 is 8.32 Å². The van der Waals surface area contributed by atoms with E-state index < -0.39 is 8.32 Å². The molecule has 0 atom stereocenters. The van der Waals surface area contributed by atoms with Crippen LogP contribution in [0.5, 0.6) is 0 Å². The molecule has 0 saturated heterocycles. The highest BCUT2D eigenvalue weighted by molar-refractivity contribution is 6.81. The van der Waals surface area contributed by atoms with E-state index >= 15 is 0 Å². The highest BCUT2D eigenvalue weighted by Gasteiger charge is 2.47. The maximum Gasteiger partial charge on any atom is 0.222 e. The molecule has 0 N–H and O–H groups in total. The summed E-state index contributed by atoms with van der Waals surface area (Å²) in [4.78, 5) is 0. The minimum atomic E-state index is -1.79. The lowest BCUT2D eigenvalue weighted by Gasteiger charge is -2.45. The van der Waals surface area contributed by atoms with Crippen LogP contribution in [-0.4, -0.2) is 14.9 Å². The third-order valence-electron chi connectivity index (χ3n) is 7.41. The van der Waals surface area contributed by atoms with Crippen LogP contribution in [-0.2, 0) is 4.43 Å². The van der Waals surface area contributed by atoms with Crippen molar-refractivity contribution in [3.63, 3.8) is 0 Å². The molecule has 0 aliphatic heterocycles. The Morgan fingerprint density at radius 2 is 1.17 bits per heavy atom. The molecule has 24 heavy (non-hydrogen) atoms. The van der Waals surface area contributed by atoms with Crippen LogP contribution in [0.4, 0.5) is 0 Å². The summed E-state index contributed by atoms with van der Waals surface area (Å²) in [5.74, 6) is 0.952. The fraction of sp³-hybridized carbons (Fsp3) is 0.909. The molecule has 1 nitrogen and oxygen atoms in total. The first-order valence-corrected chi connectivity index (χ1v) is 13.3. The molecule has 0 radical (unpaired) electrons. The van der Waals surface area contributed by atoms with Gasteiger partial charge in [0.15, 0.2) is 0 Å². The van der Waals surface area contributed by atoms with Gasteiger partial charge in [-0.25, -0.2) is 0 Å². The molecule has 0 aromatic rings. The van der Waals surface area contributed by atoms with E-state index in [1.54, 1.807) is 0 Å². The summed E-state index contributed by atoms with van der Waals surface area (Å²) >= 11 is 0. The Labute approximate surface area is 151 Å². The molecule has 138 valence electrons. The molecule has 0 unspecified atom stereocenters. The lowest BCUT2D eigenvalue weighted by molar-refractivity contribution is 0.221. The third kappa shape index (κ3) is 4.55. The molecular formula is C22H40OSi. The Morgan fingerprint density at radius 3 is 1.62 bits per heavy atom. The summed E-state index contributed by atoms with van der Waals surface area (Å²) in [5, 5.41) is 0. The first kappa shape index (κ1) is 18.7. The summed E-state index contributed by atoms with van der Waals surface area (Å²) in [7, 11) is -1.79. The summed E-state index contributed by atoms with van der Waals surface area (Å²) in [6.07, 6.45) is 23.0. The topological polar surface area (TPSA) is 9.23 Å². The Hall–Kier alpha value is -0.0831. The summed E-state index contributed by atoms with van der Waals surface area (Å²) < 4.78 is 6.98. The van der Waals surface area contributed by atoms with Gasteiger partial charge in [-0.3, -0.25) is 0 Å². The van der Waals surface area contributed by atoms with Gasteiger partial charge in [0.05, 0.1) is 0 Å². The van der Waals surface area contributed by atoms with Gasteiger partial charge >= 0.3 is 0 Å². The van der Waals surface area contributed by atoms with E-state index in [-0.39, 0.29) is 0 Å². The van der Waals surface area contributed by atoms with Crippen LogP contribution in [0.1, 0.15) is 103 Å². The van der Waals surface area contributed by atoms with Crippen LogP contribution in [0, 0.1) is 5.92 Å². The molecule has 0 aromatic heterocycles. The number of rotatable bonds is 7. The molecule has 0 bridgehead atoms. The van der Waals surface area contributed by atoms with Gasteiger partial charge in [-0.1, -0.05) is 102 Å². The van der Waals surface area contributed by atoms with Crippen LogP contribution in [0.3, 0.4) is 0 Å². The molecule has 2 heteroatoms. The molecule has 0 aromatic carbocycles. The van der Waals surface area contributed by atoms with Crippen LogP contribution >= 0.6 is 0 Å². The summed E-state index contributed by atoms with van der Waals surface area (Å²) in [6.45, 7) is 5.42. The monoisotopic (exact) mass is 348 g/mol. The second-order valence-electron chi connectivity index (χ2n) is 8.87. The average molecular weight is 349 g/mol. The van der Waals surface area contributed by atoms with Gasteiger partial charge in [0.2, 0.25) is 8.32 Å². The SMILES string of the molecule is C=C[Si](OCCC1CCCCC1)(C1CCCCC1)C1CCCCC1. The van der Waals surface area contributed by atoms with Gasteiger partial charge in [-0.2, -0.15) is 0 Å². The van der Waals surface area contributed by atoms with E-state index in [1.807, 2.05) is 0 Å². The minimum absolute atomic E-state index is 0.873. The van der Waals surface area contributed by atoms with Crippen molar-refractivity contribution in [1.29, 1.82) is 0 Å². The Morgan fingerprint density at radius 1 is 0.708 bits per heavy atom. The maximum absolute atomic E-state index is 6.98. The van der Waals surface area contributed by atoms with E-state index in [2.05, 4.69) is 12.3 Å². The van der Waals surface area contributed by atoms with Crippen molar-refractivity contribution in [3.8, 4) is 0 Å². The lowest BCUT2D eigenvalue weighted by atomic mass is 9.87. The van der Waals surface area contributed by atoms with E-state index in [0.717, 1.165) is 23.6 Å². The fourth-order valence-corrected chi connectivity index (χ4v) is 11.0. The van der Waals surface area contributed by atoms with E-state index in [9.17, 15) is 0 Å². The Balaban J connectivity index is 1.63. The van der Waals surface area contributed by atoms with Gasteiger partial charge in [-0.15, -0.1) is 6.58 Å². The minimum Gasteiger partial charge on any atom is -0.412 e. The quantitative estimate of drug-likeness (QED) is 0.438. The first-order chi connectivity index (χ1) is 11.8. The van der Waals surface area contributed by atoms with Crippen LogP contribution in [0.15, 0.2) is 12.3 Å². The highest BCUT2D eigenvalue weighted by Crippen LogP contribution is 2.49. The second-order valence-corrected chi connectivity index (χ2v) is 12.9. The molecule has 3 aliphatic carbocycles. The molecule has 3 saturated carbocycles. The maximum atomic E-state index is 6.98. The van der Waals surface area contributed by atoms with Crippen molar-refractivity contribution < 1.29 is 4.43 Å². The largest absolute Gasteiger partial charge is 0.412 e. The van der Waals surface area contributed by atoms with E-state index in [4.69, 9.17) is 4.43 Å². The molecule has 0 amide bonds. The van der Waals surface area contributed by atoms with Crippen molar-refractivity contribution in [2.75, 3.05) is 6.61 Å². The van der Waals surface area contributed by atoms with Gasteiger partial charge in [0.25, 0.3) is 0 Å². The lowest BCUT2D eigenvalue weighted by Crippen LogP contribution is -2.48. The molecular weight excluding hydrogens is 308 g/mol. The normalized spacial score (nSPS) is 25.7. The Bertz CT molecular complexity index is 344. The van der Waals surface area contributed by atoms with Crippen molar-refractivity contribution in [2.45, 2.75) is 114 Å². The van der Waals surface area contributed by atoms with Crippen LogP contribution < -0.4 is 0 Å². The van der Waals surface area contributed by atoms with Gasteiger partial charge in [-0.05, 0) is 23.4 Å². The average Bonchev–Trinajstić information content (AvgIpc) is 2.68. The van der Waals surface area contributed by atoms with Crippen molar-refractivity contribution in [1.82, 2.24) is 0 Å². The molecule has 0 heterocycles.